The zero-order valence-electron chi connectivity index (χ0n) is 15.5. The number of fused-ring (bicyclic) bond motifs is 3. The highest BCUT2D eigenvalue weighted by Crippen LogP contribution is 2.67. The molecule has 0 unspecified atom stereocenters. The Balaban J connectivity index is 1.98. The Labute approximate surface area is 137 Å². The van der Waals surface area contributed by atoms with E-state index >= 15 is 0 Å². The molecule has 1 nitrogen and oxygen atoms in total. The summed E-state index contributed by atoms with van der Waals surface area (Å²) in [5.74, 6) is 1.60. The molecule has 0 aliphatic heterocycles. The second kappa shape index (κ2) is 5.10. The first-order chi connectivity index (χ1) is 10.2. The van der Waals surface area contributed by atoms with Crippen molar-refractivity contribution in [1.29, 1.82) is 0 Å². The maximum Gasteiger partial charge on any atom is 0.0720 e. The summed E-state index contributed by atoms with van der Waals surface area (Å²) in [5, 5.41) is 0. The number of methoxy groups -OCH3 is 1. The van der Waals surface area contributed by atoms with Crippen molar-refractivity contribution >= 4 is 0 Å². The first-order valence-electron chi connectivity index (χ1n) is 9.40. The van der Waals surface area contributed by atoms with Crippen molar-refractivity contribution in [1.82, 2.24) is 0 Å². The number of hydrogen-bond donors (Lipinski definition) is 0. The maximum absolute atomic E-state index is 6.31. The molecule has 0 aromatic carbocycles. The van der Waals surface area contributed by atoms with Crippen LogP contribution in [0.15, 0.2) is 12.7 Å². The number of ether oxygens (including phenoxy) is 1. The van der Waals surface area contributed by atoms with E-state index in [9.17, 15) is 0 Å². The minimum Gasteiger partial charge on any atom is -0.378 e. The number of allylic oxidation sites excluding steroid dienone is 1. The predicted molar refractivity (Wildman–Crippen MR) is 93.8 cm³/mol. The fourth-order valence-corrected chi connectivity index (χ4v) is 7.01. The molecule has 3 aliphatic carbocycles. The molecule has 0 N–H and O–H groups in total. The van der Waals surface area contributed by atoms with Crippen LogP contribution in [-0.4, -0.2) is 12.7 Å². The minimum absolute atomic E-state index is 0.0971. The van der Waals surface area contributed by atoms with E-state index in [1.54, 1.807) is 0 Å². The van der Waals surface area contributed by atoms with Crippen molar-refractivity contribution in [2.75, 3.05) is 7.11 Å². The minimum atomic E-state index is 0.0971. The van der Waals surface area contributed by atoms with Crippen molar-refractivity contribution in [3.8, 4) is 0 Å². The van der Waals surface area contributed by atoms with Gasteiger partial charge in [0.15, 0.2) is 0 Å². The van der Waals surface area contributed by atoms with Gasteiger partial charge in [-0.15, -0.1) is 6.58 Å². The van der Waals surface area contributed by atoms with Gasteiger partial charge in [0.05, 0.1) is 5.60 Å². The third-order valence-electron chi connectivity index (χ3n) is 8.17. The van der Waals surface area contributed by atoms with Crippen molar-refractivity contribution in [2.45, 2.75) is 84.7 Å². The molecular weight excluding hydrogens is 268 g/mol. The summed E-state index contributed by atoms with van der Waals surface area (Å²) in [6.07, 6.45) is 12.8. The Morgan fingerprint density at radius 1 is 0.955 bits per heavy atom. The molecule has 0 saturated heterocycles. The van der Waals surface area contributed by atoms with E-state index in [4.69, 9.17) is 4.74 Å². The van der Waals surface area contributed by atoms with Crippen LogP contribution in [0.1, 0.15) is 79.1 Å². The van der Waals surface area contributed by atoms with Crippen LogP contribution in [0.5, 0.6) is 0 Å². The highest BCUT2D eigenvalue weighted by atomic mass is 16.5. The molecule has 1 heteroatoms. The molecule has 0 aromatic heterocycles. The first-order valence-corrected chi connectivity index (χ1v) is 9.40. The molecular formula is C21H36O. The average Bonchev–Trinajstić information content (AvgIpc) is 2.46. The Bertz CT molecular complexity index is 453. The van der Waals surface area contributed by atoms with E-state index in [1.807, 2.05) is 7.11 Å². The lowest BCUT2D eigenvalue weighted by Gasteiger charge is -2.65. The van der Waals surface area contributed by atoms with Crippen LogP contribution in [0.4, 0.5) is 0 Å². The smallest absolute Gasteiger partial charge is 0.0720 e. The SMILES string of the molecule is C=C[C@@]1(C)CC[C@@H]2[C@@](OC)(CC[C@@H]3C(C)(C)CCC[C@@]32C)C1. The van der Waals surface area contributed by atoms with Crippen LogP contribution in [-0.2, 0) is 4.74 Å². The van der Waals surface area contributed by atoms with Gasteiger partial charge in [0.1, 0.15) is 0 Å². The van der Waals surface area contributed by atoms with Gasteiger partial charge in [-0.1, -0.05) is 40.2 Å². The number of hydrogen-bond acceptors (Lipinski definition) is 1. The van der Waals surface area contributed by atoms with Gasteiger partial charge in [0.25, 0.3) is 0 Å². The molecule has 3 fully saturated rings. The summed E-state index contributed by atoms with van der Waals surface area (Å²) in [5.41, 5.74) is 1.34. The molecule has 0 aromatic rings. The van der Waals surface area contributed by atoms with E-state index in [-0.39, 0.29) is 11.0 Å². The molecule has 0 spiro atoms. The first kappa shape index (κ1) is 16.6. The lowest BCUT2D eigenvalue weighted by Crippen LogP contribution is -2.62. The van der Waals surface area contributed by atoms with Crippen molar-refractivity contribution in [3.05, 3.63) is 12.7 Å². The molecule has 0 radical (unpaired) electrons. The van der Waals surface area contributed by atoms with E-state index in [1.165, 1.54) is 51.4 Å². The molecule has 0 bridgehead atoms. The van der Waals surface area contributed by atoms with Gasteiger partial charge in [0.2, 0.25) is 0 Å². The van der Waals surface area contributed by atoms with Crippen molar-refractivity contribution < 1.29 is 4.74 Å². The van der Waals surface area contributed by atoms with Gasteiger partial charge >= 0.3 is 0 Å². The molecule has 3 aliphatic rings. The molecule has 0 heterocycles. The van der Waals surface area contributed by atoms with Gasteiger partial charge < -0.3 is 4.74 Å². The van der Waals surface area contributed by atoms with E-state index in [0.29, 0.717) is 10.8 Å². The Hall–Kier alpha value is -0.300. The monoisotopic (exact) mass is 304 g/mol. The fraction of sp³-hybridized carbons (Fsp3) is 0.905. The van der Waals surface area contributed by atoms with Crippen LogP contribution in [0.25, 0.3) is 0 Å². The average molecular weight is 305 g/mol. The van der Waals surface area contributed by atoms with Gasteiger partial charge in [-0.25, -0.2) is 0 Å². The summed E-state index contributed by atoms with van der Waals surface area (Å²) in [7, 11) is 1.97. The third-order valence-corrected chi connectivity index (χ3v) is 8.17. The highest BCUT2D eigenvalue weighted by molar-refractivity contribution is 5.14. The maximum atomic E-state index is 6.31. The zero-order valence-corrected chi connectivity index (χ0v) is 15.5. The Morgan fingerprint density at radius 2 is 1.64 bits per heavy atom. The Kier molecular flexibility index (Phi) is 3.84. The lowest BCUT2D eigenvalue weighted by molar-refractivity contribution is -0.215. The van der Waals surface area contributed by atoms with Gasteiger partial charge in [-0.05, 0) is 73.0 Å². The topological polar surface area (TPSA) is 9.23 Å². The summed E-state index contributed by atoms with van der Waals surface area (Å²) >= 11 is 0. The van der Waals surface area contributed by atoms with Gasteiger partial charge in [0, 0.05) is 7.11 Å². The molecule has 22 heavy (non-hydrogen) atoms. The Morgan fingerprint density at radius 3 is 2.27 bits per heavy atom. The summed E-state index contributed by atoms with van der Waals surface area (Å²) in [6, 6.07) is 0. The van der Waals surface area contributed by atoms with Gasteiger partial charge in [-0.3, -0.25) is 0 Å². The molecule has 5 atom stereocenters. The largest absolute Gasteiger partial charge is 0.378 e. The quantitative estimate of drug-likeness (QED) is 0.569. The fourth-order valence-electron chi connectivity index (χ4n) is 7.01. The molecule has 3 saturated carbocycles. The lowest BCUT2D eigenvalue weighted by atomic mass is 9.42. The normalized spacial score (nSPS) is 50.8. The van der Waals surface area contributed by atoms with E-state index in [0.717, 1.165) is 11.8 Å². The van der Waals surface area contributed by atoms with E-state index in [2.05, 4.69) is 40.3 Å². The second-order valence-corrected chi connectivity index (χ2v) is 9.83. The zero-order chi connectivity index (χ0) is 16.2. The molecule has 3 rings (SSSR count). The summed E-state index contributed by atoms with van der Waals surface area (Å²) in [4.78, 5) is 0. The van der Waals surface area contributed by atoms with Crippen LogP contribution < -0.4 is 0 Å². The number of rotatable bonds is 2. The third kappa shape index (κ3) is 2.22. The van der Waals surface area contributed by atoms with Crippen molar-refractivity contribution in [3.63, 3.8) is 0 Å². The molecule has 126 valence electrons. The highest BCUT2D eigenvalue weighted by Gasteiger charge is 2.62. The van der Waals surface area contributed by atoms with Crippen LogP contribution in [0.3, 0.4) is 0 Å². The van der Waals surface area contributed by atoms with Crippen LogP contribution in [0.2, 0.25) is 0 Å². The second-order valence-electron chi connectivity index (χ2n) is 9.83. The van der Waals surface area contributed by atoms with Crippen molar-refractivity contribution in [2.24, 2.45) is 28.1 Å². The molecule has 0 amide bonds. The summed E-state index contributed by atoms with van der Waals surface area (Å²) < 4.78 is 6.31. The standard InChI is InChI=1S/C21H36O/c1-7-19(4)13-9-17-20(5)12-8-11-18(2,3)16(20)10-14-21(17,15-19)22-6/h7,16-17H,1,8-15H2,2-6H3/t16-,17+,19+,20+,21-/m1/s1. The van der Waals surface area contributed by atoms with Gasteiger partial charge in [-0.2, -0.15) is 0 Å². The summed E-state index contributed by atoms with van der Waals surface area (Å²) in [6.45, 7) is 14.2. The van der Waals surface area contributed by atoms with E-state index < -0.39 is 0 Å². The van der Waals surface area contributed by atoms with Crippen LogP contribution in [0, 0.1) is 28.1 Å². The predicted octanol–water partition coefficient (Wildman–Crippen LogP) is 5.99. The van der Waals surface area contributed by atoms with Crippen LogP contribution >= 0.6 is 0 Å².